The number of hydrogen-bond acceptors (Lipinski definition) is 5. The monoisotopic (exact) mass is 304 g/mol. The number of aromatic nitrogens is 2. The fourth-order valence-corrected chi connectivity index (χ4v) is 1.96. The average Bonchev–Trinajstić information content (AvgIpc) is 2.91. The van der Waals surface area contributed by atoms with E-state index in [2.05, 4.69) is 20.8 Å². The minimum absolute atomic E-state index is 0.107. The first-order chi connectivity index (χ1) is 10.5. The minimum atomic E-state index is -0.355. The first-order valence-corrected chi connectivity index (χ1v) is 7.01. The van der Waals surface area contributed by atoms with Crippen molar-refractivity contribution in [1.29, 1.82) is 0 Å². The van der Waals surface area contributed by atoms with E-state index in [0.29, 0.717) is 23.2 Å². The maximum atomic E-state index is 12.2. The number of hydrogen-bond donors (Lipinski definition) is 2. The molecule has 1 heterocycles. The summed E-state index contributed by atoms with van der Waals surface area (Å²) in [4.78, 5) is 16.3. The van der Waals surface area contributed by atoms with Gasteiger partial charge < -0.3 is 19.9 Å². The van der Waals surface area contributed by atoms with Crippen molar-refractivity contribution in [2.24, 2.45) is 5.92 Å². The first-order valence-electron chi connectivity index (χ1n) is 7.01. The molecule has 2 amide bonds. The Morgan fingerprint density at radius 2 is 2.14 bits per heavy atom. The smallest absolute Gasteiger partial charge is 0.319 e. The Labute approximate surface area is 129 Å². The highest BCUT2D eigenvalue weighted by Gasteiger charge is 2.24. The van der Waals surface area contributed by atoms with Crippen molar-refractivity contribution in [3.8, 4) is 5.75 Å². The Morgan fingerprint density at radius 3 is 2.73 bits per heavy atom. The molecule has 0 aliphatic heterocycles. The van der Waals surface area contributed by atoms with Crippen molar-refractivity contribution in [2.75, 3.05) is 12.4 Å². The Bertz CT molecular complexity index is 639. The molecule has 0 radical (unpaired) electrons. The molecule has 1 atom stereocenters. The number of ether oxygens (including phenoxy) is 1. The van der Waals surface area contributed by atoms with Crippen LogP contribution in [0.2, 0.25) is 0 Å². The molecule has 0 spiro atoms. The molecule has 1 aromatic carbocycles. The lowest BCUT2D eigenvalue weighted by atomic mass is 10.0. The van der Waals surface area contributed by atoms with Gasteiger partial charge in [-0.3, -0.25) is 0 Å². The number of carbonyl (C=O) groups excluding carboxylic acids is 1. The van der Waals surface area contributed by atoms with E-state index in [9.17, 15) is 4.79 Å². The SMILES string of the molecule is COc1cccc(NC(=O)NC(c2nc(C)no2)C(C)C)c1. The Kier molecular flexibility index (Phi) is 4.98. The molecule has 7 heteroatoms. The van der Waals surface area contributed by atoms with E-state index in [-0.39, 0.29) is 18.0 Å². The summed E-state index contributed by atoms with van der Waals surface area (Å²) in [5.41, 5.74) is 0.640. The van der Waals surface area contributed by atoms with Crippen LogP contribution in [0.25, 0.3) is 0 Å². The van der Waals surface area contributed by atoms with Gasteiger partial charge in [0.1, 0.15) is 11.8 Å². The third-order valence-corrected chi connectivity index (χ3v) is 3.09. The van der Waals surface area contributed by atoms with E-state index in [4.69, 9.17) is 9.26 Å². The molecule has 2 rings (SSSR count). The highest BCUT2D eigenvalue weighted by molar-refractivity contribution is 5.89. The Morgan fingerprint density at radius 1 is 1.36 bits per heavy atom. The van der Waals surface area contributed by atoms with Crippen LogP contribution in [-0.2, 0) is 0 Å². The van der Waals surface area contributed by atoms with Crippen LogP contribution < -0.4 is 15.4 Å². The van der Waals surface area contributed by atoms with Gasteiger partial charge in [0.2, 0.25) is 5.89 Å². The second-order valence-corrected chi connectivity index (χ2v) is 5.23. The van der Waals surface area contributed by atoms with Crippen LogP contribution in [-0.4, -0.2) is 23.3 Å². The van der Waals surface area contributed by atoms with Crippen molar-refractivity contribution >= 4 is 11.7 Å². The van der Waals surface area contributed by atoms with Crippen molar-refractivity contribution in [3.05, 3.63) is 36.0 Å². The molecule has 22 heavy (non-hydrogen) atoms. The van der Waals surface area contributed by atoms with E-state index >= 15 is 0 Å². The zero-order chi connectivity index (χ0) is 16.1. The fraction of sp³-hybridized carbons (Fsp3) is 0.400. The number of rotatable bonds is 5. The number of nitrogens with one attached hydrogen (secondary N) is 2. The normalized spacial score (nSPS) is 12.0. The van der Waals surface area contributed by atoms with E-state index in [1.165, 1.54) is 0 Å². The summed E-state index contributed by atoms with van der Waals surface area (Å²) < 4.78 is 10.3. The Hall–Kier alpha value is -2.57. The molecule has 7 nitrogen and oxygen atoms in total. The molecule has 0 fully saturated rings. The van der Waals surface area contributed by atoms with Gasteiger partial charge in [0, 0.05) is 11.8 Å². The van der Waals surface area contributed by atoms with Gasteiger partial charge in [0.05, 0.1) is 7.11 Å². The van der Waals surface area contributed by atoms with Crippen LogP contribution in [0, 0.1) is 12.8 Å². The second-order valence-electron chi connectivity index (χ2n) is 5.23. The van der Waals surface area contributed by atoms with Crippen LogP contribution in [0.3, 0.4) is 0 Å². The summed E-state index contributed by atoms with van der Waals surface area (Å²) in [6, 6.07) is 6.43. The summed E-state index contributed by atoms with van der Waals surface area (Å²) in [7, 11) is 1.58. The largest absolute Gasteiger partial charge is 0.497 e. The van der Waals surface area contributed by atoms with Crippen molar-refractivity contribution in [2.45, 2.75) is 26.8 Å². The molecule has 0 aliphatic rings. The van der Waals surface area contributed by atoms with Crippen LogP contribution in [0.5, 0.6) is 5.75 Å². The molecule has 118 valence electrons. The molecule has 0 bridgehead atoms. The molecule has 1 unspecified atom stereocenters. The molecule has 0 saturated heterocycles. The third-order valence-electron chi connectivity index (χ3n) is 3.09. The lowest BCUT2D eigenvalue weighted by Crippen LogP contribution is -2.35. The zero-order valence-corrected chi connectivity index (χ0v) is 13.1. The topological polar surface area (TPSA) is 89.3 Å². The average molecular weight is 304 g/mol. The molecule has 0 saturated carbocycles. The molecular formula is C15H20N4O3. The standard InChI is InChI=1S/C15H20N4O3/c1-9(2)13(14-16-10(3)19-22-14)18-15(20)17-11-6-5-7-12(8-11)21-4/h5-9,13H,1-4H3,(H2,17,18,20). The van der Waals surface area contributed by atoms with E-state index in [1.807, 2.05) is 13.8 Å². The summed E-state index contributed by atoms with van der Waals surface area (Å²) in [6.07, 6.45) is 0. The van der Waals surface area contributed by atoms with Gasteiger partial charge in [-0.1, -0.05) is 25.1 Å². The van der Waals surface area contributed by atoms with Gasteiger partial charge >= 0.3 is 6.03 Å². The fourth-order valence-electron chi connectivity index (χ4n) is 1.96. The maximum Gasteiger partial charge on any atom is 0.319 e. The second kappa shape index (κ2) is 6.93. The van der Waals surface area contributed by atoms with E-state index < -0.39 is 0 Å². The predicted octanol–water partition coefficient (Wildman–Crippen LogP) is 2.91. The number of anilines is 1. The number of urea groups is 1. The van der Waals surface area contributed by atoms with Crippen LogP contribution >= 0.6 is 0 Å². The van der Waals surface area contributed by atoms with Crippen LogP contribution in [0.4, 0.5) is 10.5 Å². The highest BCUT2D eigenvalue weighted by atomic mass is 16.5. The van der Waals surface area contributed by atoms with Gasteiger partial charge in [0.15, 0.2) is 5.82 Å². The van der Waals surface area contributed by atoms with Crippen molar-refractivity contribution in [3.63, 3.8) is 0 Å². The molecular weight excluding hydrogens is 284 g/mol. The quantitative estimate of drug-likeness (QED) is 0.886. The van der Waals surface area contributed by atoms with Crippen LogP contribution in [0.15, 0.2) is 28.8 Å². The number of benzene rings is 1. The third kappa shape index (κ3) is 3.97. The predicted molar refractivity (Wildman–Crippen MR) is 81.8 cm³/mol. The molecule has 2 aromatic rings. The summed E-state index contributed by atoms with van der Waals surface area (Å²) in [5.74, 6) is 1.71. The highest BCUT2D eigenvalue weighted by Crippen LogP contribution is 2.21. The van der Waals surface area contributed by atoms with Gasteiger partial charge in [-0.2, -0.15) is 4.98 Å². The summed E-state index contributed by atoms with van der Waals surface area (Å²) >= 11 is 0. The maximum absolute atomic E-state index is 12.2. The number of carbonyl (C=O) groups is 1. The van der Waals surface area contributed by atoms with Gasteiger partial charge in [-0.15, -0.1) is 0 Å². The van der Waals surface area contributed by atoms with Gasteiger partial charge in [-0.05, 0) is 25.0 Å². The number of aryl methyl sites for hydroxylation is 1. The van der Waals surface area contributed by atoms with Crippen LogP contribution in [0.1, 0.15) is 31.6 Å². The van der Waals surface area contributed by atoms with Crippen molar-refractivity contribution in [1.82, 2.24) is 15.5 Å². The zero-order valence-electron chi connectivity index (χ0n) is 13.1. The van der Waals surface area contributed by atoms with E-state index in [0.717, 1.165) is 0 Å². The molecule has 1 aromatic heterocycles. The Balaban J connectivity index is 2.05. The number of amides is 2. The van der Waals surface area contributed by atoms with Gasteiger partial charge in [0.25, 0.3) is 0 Å². The first kappa shape index (κ1) is 15.8. The van der Waals surface area contributed by atoms with Crippen molar-refractivity contribution < 1.29 is 14.1 Å². The van der Waals surface area contributed by atoms with E-state index in [1.54, 1.807) is 38.3 Å². The van der Waals surface area contributed by atoms with Gasteiger partial charge in [-0.25, -0.2) is 4.79 Å². The lowest BCUT2D eigenvalue weighted by molar-refractivity contribution is 0.235. The summed E-state index contributed by atoms with van der Waals surface area (Å²) in [6.45, 7) is 5.67. The molecule has 2 N–H and O–H groups in total. The lowest BCUT2D eigenvalue weighted by Gasteiger charge is -2.19. The number of nitrogens with zero attached hydrogens (tertiary/aromatic N) is 2. The summed E-state index contributed by atoms with van der Waals surface area (Å²) in [5, 5.41) is 9.36. The minimum Gasteiger partial charge on any atom is -0.497 e. The molecule has 0 aliphatic carbocycles. The number of methoxy groups -OCH3 is 1.